The second kappa shape index (κ2) is 10.3. The molecule has 4 aromatic rings. The van der Waals surface area contributed by atoms with Crippen molar-refractivity contribution in [2.75, 3.05) is 50.4 Å². The number of aromatic nitrogens is 2. The van der Waals surface area contributed by atoms with Crippen LogP contribution in [0.25, 0.3) is 11.0 Å². The first kappa shape index (κ1) is 23.6. The molecule has 2 aliphatic heterocycles. The van der Waals surface area contributed by atoms with Gasteiger partial charge in [-0.3, -0.25) is 4.98 Å². The van der Waals surface area contributed by atoms with Gasteiger partial charge < -0.3 is 33.9 Å². The number of anilines is 3. The SMILES string of the molecule is COc1cc(Nc2ccc3ncc(N4CCOCC4)nc3c2C#N)ccc1OCc1ccc2c(c1)OCO2. The summed E-state index contributed by atoms with van der Waals surface area (Å²) in [5.41, 5.74) is 3.96. The van der Waals surface area contributed by atoms with E-state index < -0.39 is 0 Å². The molecule has 1 saturated heterocycles. The van der Waals surface area contributed by atoms with Gasteiger partial charge in [-0.05, 0) is 42.0 Å². The molecule has 0 radical (unpaired) electrons. The highest BCUT2D eigenvalue weighted by Crippen LogP contribution is 2.36. The molecule has 0 atom stereocenters. The molecule has 6 rings (SSSR count). The zero-order valence-electron chi connectivity index (χ0n) is 20.8. The molecular weight excluding hydrogens is 486 g/mol. The summed E-state index contributed by atoms with van der Waals surface area (Å²) < 4.78 is 27.8. The van der Waals surface area contributed by atoms with Crippen LogP contribution in [0.3, 0.4) is 0 Å². The van der Waals surface area contributed by atoms with Gasteiger partial charge in [0.15, 0.2) is 23.0 Å². The number of hydrogen-bond donors (Lipinski definition) is 1. The van der Waals surface area contributed by atoms with Crippen molar-refractivity contribution in [3.63, 3.8) is 0 Å². The summed E-state index contributed by atoms with van der Waals surface area (Å²) in [6.45, 7) is 3.34. The van der Waals surface area contributed by atoms with Crippen LogP contribution in [0.1, 0.15) is 11.1 Å². The van der Waals surface area contributed by atoms with E-state index in [1.165, 1.54) is 0 Å². The zero-order chi connectivity index (χ0) is 25.9. The number of nitriles is 1. The van der Waals surface area contributed by atoms with Gasteiger partial charge >= 0.3 is 0 Å². The van der Waals surface area contributed by atoms with E-state index in [-0.39, 0.29) is 6.79 Å². The molecule has 1 N–H and O–H groups in total. The first-order chi connectivity index (χ1) is 18.7. The van der Waals surface area contributed by atoms with E-state index in [9.17, 15) is 5.26 Å². The molecule has 3 heterocycles. The Morgan fingerprint density at radius 3 is 2.74 bits per heavy atom. The Labute approximate surface area is 219 Å². The van der Waals surface area contributed by atoms with Crippen LogP contribution in [0.4, 0.5) is 17.2 Å². The predicted octanol–water partition coefficient (Wildman–Crippen LogP) is 4.40. The highest BCUT2D eigenvalue weighted by molar-refractivity contribution is 5.89. The first-order valence-electron chi connectivity index (χ1n) is 12.2. The molecule has 3 aromatic carbocycles. The lowest BCUT2D eigenvalue weighted by molar-refractivity contribution is 0.122. The van der Waals surface area contributed by atoms with Crippen molar-refractivity contribution in [2.24, 2.45) is 0 Å². The zero-order valence-corrected chi connectivity index (χ0v) is 20.8. The van der Waals surface area contributed by atoms with Crippen molar-refractivity contribution < 1.29 is 23.7 Å². The molecular formula is C28H25N5O5. The molecule has 0 amide bonds. The Balaban J connectivity index is 1.22. The first-order valence-corrected chi connectivity index (χ1v) is 12.2. The van der Waals surface area contributed by atoms with Crippen LogP contribution in [0.5, 0.6) is 23.0 Å². The van der Waals surface area contributed by atoms with Gasteiger partial charge in [-0.25, -0.2) is 4.98 Å². The fraction of sp³-hybridized carbons (Fsp3) is 0.250. The third kappa shape index (κ3) is 4.67. The molecule has 0 saturated carbocycles. The monoisotopic (exact) mass is 511 g/mol. The van der Waals surface area contributed by atoms with Crippen LogP contribution in [0.2, 0.25) is 0 Å². The summed E-state index contributed by atoms with van der Waals surface area (Å²) in [7, 11) is 1.59. The number of benzene rings is 3. The van der Waals surface area contributed by atoms with Gasteiger partial charge in [0.1, 0.15) is 29.6 Å². The highest BCUT2D eigenvalue weighted by Gasteiger charge is 2.17. The van der Waals surface area contributed by atoms with Crippen LogP contribution < -0.4 is 29.2 Å². The highest BCUT2D eigenvalue weighted by atomic mass is 16.7. The summed E-state index contributed by atoms with van der Waals surface area (Å²) in [5, 5.41) is 13.4. The Morgan fingerprint density at radius 1 is 1.03 bits per heavy atom. The number of nitrogens with zero attached hydrogens (tertiary/aromatic N) is 4. The Kier molecular flexibility index (Phi) is 6.42. The fourth-order valence-electron chi connectivity index (χ4n) is 4.44. The van der Waals surface area contributed by atoms with Gasteiger partial charge in [0, 0.05) is 24.8 Å². The normalized spacial score (nSPS) is 14.3. The van der Waals surface area contributed by atoms with Crippen LogP contribution in [-0.2, 0) is 11.3 Å². The lowest BCUT2D eigenvalue weighted by Gasteiger charge is -2.27. The molecule has 2 aliphatic rings. The van der Waals surface area contributed by atoms with E-state index >= 15 is 0 Å². The number of morpholine rings is 1. The molecule has 38 heavy (non-hydrogen) atoms. The van der Waals surface area contributed by atoms with Crippen LogP contribution in [-0.4, -0.2) is 50.2 Å². The number of methoxy groups -OCH3 is 1. The van der Waals surface area contributed by atoms with Gasteiger partial charge in [0.25, 0.3) is 0 Å². The molecule has 0 unspecified atom stereocenters. The minimum Gasteiger partial charge on any atom is -0.493 e. The number of rotatable bonds is 7. The molecule has 1 aromatic heterocycles. The van der Waals surface area contributed by atoms with E-state index in [1.807, 2.05) is 48.5 Å². The summed E-state index contributed by atoms with van der Waals surface area (Å²) in [4.78, 5) is 11.4. The maximum Gasteiger partial charge on any atom is 0.231 e. The standard InChI is InChI=1S/C28H25N5O5/c1-34-25-13-19(3-7-23(25)36-16-18-2-6-24-26(12-18)38-17-37-24)31-21-4-5-22-28(20(21)14-29)32-27(15-30-22)33-8-10-35-11-9-33/h2-7,12-13,15,31H,8-11,16-17H2,1H3. The Hall–Kier alpha value is -4.75. The lowest BCUT2D eigenvalue weighted by atomic mass is 10.1. The third-order valence-electron chi connectivity index (χ3n) is 6.42. The summed E-state index contributed by atoms with van der Waals surface area (Å²) in [6, 6.07) is 17.2. The predicted molar refractivity (Wildman–Crippen MR) is 140 cm³/mol. The van der Waals surface area contributed by atoms with Crippen LogP contribution in [0, 0.1) is 11.3 Å². The van der Waals surface area contributed by atoms with Crippen LogP contribution in [0.15, 0.2) is 54.7 Å². The van der Waals surface area contributed by atoms with Crippen molar-refractivity contribution in [1.82, 2.24) is 9.97 Å². The van der Waals surface area contributed by atoms with Crippen LogP contribution >= 0.6 is 0 Å². The fourth-order valence-corrected chi connectivity index (χ4v) is 4.44. The number of fused-ring (bicyclic) bond motifs is 2. The summed E-state index contributed by atoms with van der Waals surface area (Å²) in [6.07, 6.45) is 1.75. The third-order valence-corrected chi connectivity index (χ3v) is 6.42. The van der Waals surface area contributed by atoms with E-state index in [4.69, 9.17) is 28.7 Å². The summed E-state index contributed by atoms with van der Waals surface area (Å²) >= 11 is 0. The van der Waals surface area contributed by atoms with Gasteiger partial charge in [0.2, 0.25) is 6.79 Å². The summed E-state index contributed by atoms with van der Waals surface area (Å²) in [5.74, 6) is 3.33. The molecule has 0 spiro atoms. The van der Waals surface area contributed by atoms with E-state index in [1.54, 1.807) is 13.3 Å². The second-order valence-electron chi connectivity index (χ2n) is 8.76. The van der Waals surface area contributed by atoms with Gasteiger partial charge in [-0.2, -0.15) is 5.26 Å². The molecule has 10 nitrogen and oxygen atoms in total. The number of hydrogen-bond acceptors (Lipinski definition) is 10. The Morgan fingerprint density at radius 2 is 1.89 bits per heavy atom. The number of ether oxygens (including phenoxy) is 5. The molecule has 0 aliphatic carbocycles. The smallest absolute Gasteiger partial charge is 0.231 e. The molecule has 1 fully saturated rings. The quantitative estimate of drug-likeness (QED) is 0.383. The maximum absolute atomic E-state index is 10.0. The lowest BCUT2D eigenvalue weighted by Crippen LogP contribution is -2.36. The molecule has 192 valence electrons. The van der Waals surface area contributed by atoms with Crippen molar-refractivity contribution in [1.29, 1.82) is 5.26 Å². The number of nitrogens with one attached hydrogen (secondary N) is 1. The van der Waals surface area contributed by atoms with Gasteiger partial charge in [-0.1, -0.05) is 6.07 Å². The van der Waals surface area contributed by atoms with Crippen molar-refractivity contribution in [3.05, 3.63) is 65.9 Å². The van der Waals surface area contributed by atoms with Gasteiger partial charge in [-0.15, -0.1) is 0 Å². The van der Waals surface area contributed by atoms with Crippen molar-refractivity contribution in [3.8, 4) is 29.1 Å². The van der Waals surface area contributed by atoms with E-state index in [0.29, 0.717) is 59.4 Å². The second-order valence-corrected chi connectivity index (χ2v) is 8.76. The maximum atomic E-state index is 10.0. The van der Waals surface area contributed by atoms with Crippen molar-refractivity contribution >= 4 is 28.2 Å². The Bertz CT molecular complexity index is 1530. The average Bonchev–Trinajstić information content (AvgIpc) is 3.44. The molecule has 10 heteroatoms. The van der Waals surface area contributed by atoms with Crippen molar-refractivity contribution in [2.45, 2.75) is 6.61 Å². The topological polar surface area (TPSA) is 111 Å². The largest absolute Gasteiger partial charge is 0.493 e. The van der Waals surface area contributed by atoms with Gasteiger partial charge in [0.05, 0.1) is 37.7 Å². The molecule has 0 bridgehead atoms. The van der Waals surface area contributed by atoms with E-state index in [0.717, 1.165) is 35.9 Å². The van der Waals surface area contributed by atoms with E-state index in [2.05, 4.69) is 21.3 Å². The minimum atomic E-state index is 0.230. The average molecular weight is 512 g/mol. The minimum absolute atomic E-state index is 0.230.